The smallest absolute Gasteiger partial charge is 0.240 e. The molecular weight excluding hydrogens is 476 g/mol. The SMILES string of the molecule is NC(=O)[C@@H](Cc1ccc(OCc2ccccc2)c(OCc2ccccc2)c1)NC(=O)CCc1ccccc1. The third-order valence-corrected chi connectivity index (χ3v) is 6.08. The summed E-state index contributed by atoms with van der Waals surface area (Å²) in [5, 5.41) is 2.79. The fourth-order valence-corrected chi connectivity index (χ4v) is 4.01. The van der Waals surface area contributed by atoms with Crippen LogP contribution in [0.4, 0.5) is 0 Å². The zero-order chi connectivity index (χ0) is 26.6. The maximum absolute atomic E-state index is 12.6. The molecule has 4 rings (SSSR count). The Hall–Kier alpha value is -4.58. The van der Waals surface area contributed by atoms with Crippen LogP contribution < -0.4 is 20.5 Å². The van der Waals surface area contributed by atoms with Crippen LogP contribution >= 0.6 is 0 Å². The highest BCUT2D eigenvalue weighted by Gasteiger charge is 2.20. The maximum atomic E-state index is 12.6. The summed E-state index contributed by atoms with van der Waals surface area (Å²) in [5.74, 6) is 0.340. The van der Waals surface area contributed by atoms with Crippen LogP contribution in [0.2, 0.25) is 0 Å². The minimum Gasteiger partial charge on any atom is -0.485 e. The van der Waals surface area contributed by atoms with Crippen LogP contribution in [-0.4, -0.2) is 17.9 Å². The Morgan fingerprint density at radius 2 is 1.18 bits per heavy atom. The van der Waals surface area contributed by atoms with Crippen LogP contribution in [0.5, 0.6) is 11.5 Å². The van der Waals surface area contributed by atoms with E-state index in [0.29, 0.717) is 31.1 Å². The monoisotopic (exact) mass is 508 g/mol. The number of aryl methyl sites for hydroxylation is 1. The number of carbonyl (C=O) groups excluding carboxylic acids is 2. The number of benzene rings is 4. The summed E-state index contributed by atoms with van der Waals surface area (Å²) in [5.41, 5.74) is 9.56. The maximum Gasteiger partial charge on any atom is 0.240 e. The van der Waals surface area contributed by atoms with Gasteiger partial charge in [0.05, 0.1) is 0 Å². The number of primary amides is 1. The van der Waals surface area contributed by atoms with Crippen molar-refractivity contribution in [3.8, 4) is 11.5 Å². The molecule has 38 heavy (non-hydrogen) atoms. The summed E-state index contributed by atoms with van der Waals surface area (Å²) in [4.78, 5) is 24.7. The number of carbonyl (C=O) groups is 2. The first-order valence-electron chi connectivity index (χ1n) is 12.7. The predicted octanol–water partition coefficient (Wildman–Crippen LogP) is 4.99. The number of amides is 2. The molecule has 1 atom stereocenters. The van der Waals surface area contributed by atoms with Crippen molar-refractivity contribution in [2.24, 2.45) is 5.73 Å². The summed E-state index contributed by atoms with van der Waals surface area (Å²) < 4.78 is 12.2. The summed E-state index contributed by atoms with van der Waals surface area (Å²) in [6.45, 7) is 0.755. The van der Waals surface area contributed by atoms with E-state index in [9.17, 15) is 9.59 Å². The van der Waals surface area contributed by atoms with Crippen LogP contribution in [0.1, 0.15) is 28.7 Å². The molecule has 0 bridgehead atoms. The lowest BCUT2D eigenvalue weighted by molar-refractivity contribution is -0.127. The quantitative estimate of drug-likeness (QED) is 0.266. The third-order valence-electron chi connectivity index (χ3n) is 6.08. The van der Waals surface area contributed by atoms with Gasteiger partial charge < -0.3 is 20.5 Å². The zero-order valence-electron chi connectivity index (χ0n) is 21.2. The van der Waals surface area contributed by atoms with Gasteiger partial charge in [0.15, 0.2) is 11.5 Å². The largest absolute Gasteiger partial charge is 0.485 e. The van der Waals surface area contributed by atoms with E-state index >= 15 is 0 Å². The van der Waals surface area contributed by atoms with Crippen molar-refractivity contribution in [2.75, 3.05) is 0 Å². The van der Waals surface area contributed by atoms with E-state index in [1.54, 1.807) is 0 Å². The van der Waals surface area contributed by atoms with E-state index in [2.05, 4.69) is 5.32 Å². The summed E-state index contributed by atoms with van der Waals surface area (Å²) in [6.07, 6.45) is 1.10. The van der Waals surface area contributed by atoms with E-state index in [4.69, 9.17) is 15.2 Å². The molecule has 0 fully saturated rings. The Kier molecular flexibility index (Phi) is 9.51. The van der Waals surface area contributed by atoms with Crippen LogP contribution in [0, 0.1) is 0 Å². The van der Waals surface area contributed by atoms with E-state index in [-0.39, 0.29) is 18.7 Å². The molecule has 0 heterocycles. The molecule has 0 aliphatic rings. The molecule has 0 radical (unpaired) electrons. The number of rotatable bonds is 13. The van der Waals surface area contributed by atoms with Crippen molar-refractivity contribution >= 4 is 11.8 Å². The van der Waals surface area contributed by atoms with Crippen LogP contribution in [0.15, 0.2) is 109 Å². The number of hydrogen-bond acceptors (Lipinski definition) is 4. The highest BCUT2D eigenvalue weighted by molar-refractivity contribution is 5.86. The number of ether oxygens (including phenoxy) is 2. The zero-order valence-corrected chi connectivity index (χ0v) is 21.2. The first-order chi connectivity index (χ1) is 18.6. The van der Waals surface area contributed by atoms with Gasteiger partial charge in [0.1, 0.15) is 19.3 Å². The second-order valence-corrected chi connectivity index (χ2v) is 9.04. The second-order valence-electron chi connectivity index (χ2n) is 9.04. The summed E-state index contributed by atoms with van der Waals surface area (Å²) >= 11 is 0. The summed E-state index contributed by atoms with van der Waals surface area (Å²) in [6, 6.07) is 34.2. The Morgan fingerprint density at radius 1 is 0.658 bits per heavy atom. The topological polar surface area (TPSA) is 90.7 Å². The Morgan fingerprint density at radius 3 is 1.74 bits per heavy atom. The molecule has 0 saturated heterocycles. The van der Waals surface area contributed by atoms with Gasteiger partial charge >= 0.3 is 0 Å². The van der Waals surface area contributed by atoms with Gasteiger partial charge in [-0.15, -0.1) is 0 Å². The molecule has 4 aromatic carbocycles. The van der Waals surface area contributed by atoms with Crippen molar-refractivity contribution < 1.29 is 19.1 Å². The lowest BCUT2D eigenvalue weighted by Crippen LogP contribution is -2.45. The van der Waals surface area contributed by atoms with Crippen molar-refractivity contribution in [3.05, 3.63) is 131 Å². The highest BCUT2D eigenvalue weighted by atomic mass is 16.5. The van der Waals surface area contributed by atoms with Crippen LogP contribution in [0.25, 0.3) is 0 Å². The first kappa shape index (κ1) is 26.5. The van der Waals surface area contributed by atoms with Crippen LogP contribution in [-0.2, 0) is 35.6 Å². The Labute approximate surface area is 223 Å². The number of hydrogen-bond donors (Lipinski definition) is 2. The Balaban J connectivity index is 1.44. The molecule has 6 nitrogen and oxygen atoms in total. The lowest BCUT2D eigenvalue weighted by Gasteiger charge is -2.18. The van der Waals surface area contributed by atoms with Crippen molar-refractivity contribution in [3.63, 3.8) is 0 Å². The van der Waals surface area contributed by atoms with Gasteiger partial charge in [-0.3, -0.25) is 9.59 Å². The van der Waals surface area contributed by atoms with Gasteiger partial charge in [-0.25, -0.2) is 0 Å². The minimum atomic E-state index is -0.837. The molecule has 6 heteroatoms. The number of nitrogens with one attached hydrogen (secondary N) is 1. The minimum absolute atomic E-state index is 0.221. The van der Waals surface area contributed by atoms with Gasteiger partial charge in [0.2, 0.25) is 11.8 Å². The average molecular weight is 509 g/mol. The lowest BCUT2D eigenvalue weighted by atomic mass is 10.0. The fraction of sp³-hybridized carbons (Fsp3) is 0.188. The van der Waals surface area contributed by atoms with E-state index in [1.807, 2.05) is 109 Å². The highest BCUT2D eigenvalue weighted by Crippen LogP contribution is 2.30. The van der Waals surface area contributed by atoms with Crippen molar-refractivity contribution in [1.29, 1.82) is 0 Å². The average Bonchev–Trinajstić information content (AvgIpc) is 2.95. The number of nitrogens with two attached hydrogens (primary N) is 1. The molecule has 0 aromatic heterocycles. The van der Waals surface area contributed by atoms with Gasteiger partial charge in [0, 0.05) is 12.8 Å². The van der Waals surface area contributed by atoms with E-state index in [0.717, 1.165) is 22.3 Å². The molecule has 0 spiro atoms. The standard InChI is InChI=1S/C32H32N2O4/c33-32(36)28(34-31(35)19-17-24-10-4-1-5-11-24)20-27-16-18-29(37-22-25-12-6-2-7-13-25)30(21-27)38-23-26-14-8-3-9-15-26/h1-16,18,21,28H,17,19-20,22-23H2,(H2,33,36)(H,34,35)/t28-/m1/s1. The summed E-state index contributed by atoms with van der Waals surface area (Å²) in [7, 11) is 0. The van der Waals surface area contributed by atoms with Crippen LogP contribution in [0.3, 0.4) is 0 Å². The van der Waals surface area contributed by atoms with Gasteiger partial charge in [0.25, 0.3) is 0 Å². The molecule has 0 saturated carbocycles. The van der Waals surface area contributed by atoms with Crippen molar-refractivity contribution in [2.45, 2.75) is 38.5 Å². The molecule has 0 unspecified atom stereocenters. The molecule has 4 aromatic rings. The van der Waals surface area contributed by atoms with Gasteiger partial charge in [-0.2, -0.15) is 0 Å². The molecule has 3 N–H and O–H groups in total. The fourth-order valence-electron chi connectivity index (χ4n) is 4.01. The molecule has 2 amide bonds. The van der Waals surface area contributed by atoms with Gasteiger partial charge in [-0.1, -0.05) is 97.1 Å². The Bertz CT molecular complexity index is 1310. The first-order valence-corrected chi connectivity index (χ1v) is 12.7. The molecule has 0 aliphatic carbocycles. The molecule has 0 aliphatic heterocycles. The van der Waals surface area contributed by atoms with E-state index < -0.39 is 11.9 Å². The normalized spacial score (nSPS) is 11.4. The van der Waals surface area contributed by atoms with E-state index in [1.165, 1.54) is 0 Å². The molecule has 194 valence electrons. The van der Waals surface area contributed by atoms with Gasteiger partial charge in [-0.05, 0) is 40.8 Å². The van der Waals surface area contributed by atoms with Crippen molar-refractivity contribution in [1.82, 2.24) is 5.32 Å². The predicted molar refractivity (Wildman–Crippen MR) is 148 cm³/mol. The molecular formula is C32H32N2O4. The second kappa shape index (κ2) is 13.7. The third kappa shape index (κ3) is 8.23.